The summed E-state index contributed by atoms with van der Waals surface area (Å²) < 4.78 is 0. The van der Waals surface area contributed by atoms with Gasteiger partial charge in [-0.25, -0.2) is 0 Å². The van der Waals surface area contributed by atoms with E-state index in [-0.39, 0.29) is 10.8 Å². The second-order valence-corrected chi connectivity index (χ2v) is 15.4. The highest BCUT2D eigenvalue weighted by Crippen LogP contribution is 2.69. The van der Waals surface area contributed by atoms with E-state index in [9.17, 15) is 0 Å². The van der Waals surface area contributed by atoms with Gasteiger partial charge >= 0.3 is 0 Å². The van der Waals surface area contributed by atoms with E-state index >= 15 is 0 Å². The second-order valence-electron chi connectivity index (χ2n) is 15.4. The van der Waals surface area contributed by atoms with Gasteiger partial charge in [-0.1, -0.05) is 80.1 Å². The van der Waals surface area contributed by atoms with Gasteiger partial charge in [0.1, 0.15) is 0 Å². The Kier molecular flexibility index (Phi) is 5.20. The molecule has 2 nitrogen and oxygen atoms in total. The molecule has 4 saturated carbocycles. The van der Waals surface area contributed by atoms with Gasteiger partial charge in [-0.05, 0) is 132 Å². The fourth-order valence-electron chi connectivity index (χ4n) is 11.3. The summed E-state index contributed by atoms with van der Waals surface area (Å²) in [6.45, 7) is 6.99. The molecule has 0 radical (unpaired) electrons. The van der Waals surface area contributed by atoms with Crippen LogP contribution in [0.3, 0.4) is 0 Å². The molecule has 0 amide bonds. The normalized spacial score (nSPS) is 27.3. The van der Waals surface area contributed by atoms with Gasteiger partial charge in [-0.3, -0.25) is 4.98 Å². The lowest BCUT2D eigenvalue weighted by atomic mass is 9.43. The zero-order valence-corrected chi connectivity index (χ0v) is 26.6. The Balaban J connectivity index is 1.22. The van der Waals surface area contributed by atoms with Gasteiger partial charge < -0.3 is 4.90 Å². The van der Waals surface area contributed by atoms with Gasteiger partial charge in [0.15, 0.2) is 0 Å². The number of nitrogens with zero attached hydrogens (tertiary/aromatic N) is 2. The van der Waals surface area contributed by atoms with E-state index in [2.05, 4.69) is 122 Å². The molecule has 1 spiro atoms. The Hall–Kier alpha value is -4.17. The minimum absolute atomic E-state index is 0.0549. The third-order valence-corrected chi connectivity index (χ3v) is 12.8. The van der Waals surface area contributed by atoms with Crippen molar-refractivity contribution in [1.82, 2.24) is 4.98 Å². The Morgan fingerprint density at radius 2 is 1.29 bits per heavy atom. The maximum atomic E-state index is 4.43. The zero-order valence-electron chi connectivity index (χ0n) is 26.6. The molecule has 0 aliphatic heterocycles. The molecule has 11 rings (SSSR count). The summed E-state index contributed by atoms with van der Waals surface area (Å²) in [6.07, 6.45) is 11.0. The highest BCUT2D eigenvalue weighted by Gasteiger charge is 2.61. The molecule has 1 aromatic heterocycles. The molecule has 222 valence electrons. The van der Waals surface area contributed by atoms with Crippen molar-refractivity contribution in [2.45, 2.75) is 63.7 Å². The molecule has 45 heavy (non-hydrogen) atoms. The van der Waals surface area contributed by atoms with Crippen LogP contribution in [-0.4, -0.2) is 4.98 Å². The van der Waals surface area contributed by atoms with Crippen molar-refractivity contribution in [2.24, 2.45) is 23.7 Å². The van der Waals surface area contributed by atoms with Crippen LogP contribution in [0.2, 0.25) is 0 Å². The van der Waals surface area contributed by atoms with Gasteiger partial charge in [0.2, 0.25) is 0 Å². The van der Waals surface area contributed by atoms with Gasteiger partial charge in [0.25, 0.3) is 0 Å². The average molecular weight is 585 g/mol. The lowest BCUT2D eigenvalue weighted by molar-refractivity contribution is -0.0399. The van der Waals surface area contributed by atoms with Gasteiger partial charge in [0, 0.05) is 40.2 Å². The van der Waals surface area contributed by atoms with E-state index in [1.165, 1.54) is 82.4 Å². The van der Waals surface area contributed by atoms with Crippen molar-refractivity contribution in [3.63, 3.8) is 0 Å². The molecule has 0 atom stereocenters. The predicted octanol–water partition coefficient (Wildman–Crippen LogP) is 10.9. The molecule has 4 fully saturated rings. The first-order chi connectivity index (χ1) is 21.9. The third kappa shape index (κ3) is 3.33. The highest BCUT2D eigenvalue weighted by molar-refractivity contribution is 5.96. The quantitative estimate of drug-likeness (QED) is 0.210. The Morgan fingerprint density at radius 3 is 2.07 bits per heavy atom. The summed E-state index contributed by atoms with van der Waals surface area (Å²) in [5.74, 6) is 3.37. The van der Waals surface area contributed by atoms with Crippen molar-refractivity contribution < 1.29 is 0 Å². The van der Waals surface area contributed by atoms with Crippen LogP contribution in [0.5, 0.6) is 0 Å². The van der Waals surface area contributed by atoms with Crippen LogP contribution >= 0.6 is 0 Å². The third-order valence-electron chi connectivity index (χ3n) is 12.8. The molecule has 4 bridgehead atoms. The smallest absolute Gasteiger partial charge is 0.0543 e. The predicted molar refractivity (Wildman–Crippen MR) is 184 cm³/mol. The summed E-state index contributed by atoms with van der Waals surface area (Å²) >= 11 is 0. The molecule has 2 heteroatoms. The number of aryl methyl sites for hydroxylation is 1. The number of aromatic nitrogens is 1. The maximum Gasteiger partial charge on any atom is 0.0543 e. The van der Waals surface area contributed by atoms with Crippen LogP contribution in [-0.2, 0) is 10.8 Å². The summed E-state index contributed by atoms with van der Waals surface area (Å²) in [7, 11) is 0. The summed E-state index contributed by atoms with van der Waals surface area (Å²) in [5, 5.41) is 0. The SMILES string of the molecule is Cc1ccc2c(c1)C(C)(C)c1cccc(N(c3ccncc3)c3ccc4c(c3)C3(c5ccccc5-4)C4CC5CC(C4)CC3C5)c1-2. The number of hydrogen-bond acceptors (Lipinski definition) is 2. The molecule has 0 saturated heterocycles. The number of benzene rings is 4. The topological polar surface area (TPSA) is 16.1 Å². The molecular weight excluding hydrogens is 544 g/mol. The molecule has 1 heterocycles. The number of fused-ring (bicyclic) bond motifs is 6. The zero-order chi connectivity index (χ0) is 30.1. The van der Waals surface area contributed by atoms with Crippen molar-refractivity contribution in [3.05, 3.63) is 131 Å². The van der Waals surface area contributed by atoms with E-state index < -0.39 is 0 Å². The van der Waals surface area contributed by atoms with Crippen LogP contribution in [0.1, 0.15) is 73.8 Å². The van der Waals surface area contributed by atoms with Crippen LogP contribution in [0.4, 0.5) is 17.1 Å². The van der Waals surface area contributed by atoms with Gasteiger partial charge in [-0.15, -0.1) is 0 Å². The second kappa shape index (κ2) is 8.97. The molecule has 4 aromatic carbocycles. The van der Waals surface area contributed by atoms with E-state index in [1.54, 1.807) is 11.1 Å². The first-order valence-electron chi connectivity index (χ1n) is 17.1. The maximum absolute atomic E-state index is 4.43. The van der Waals surface area contributed by atoms with Crippen molar-refractivity contribution in [1.29, 1.82) is 0 Å². The number of rotatable bonds is 3. The molecule has 6 aliphatic rings. The fourth-order valence-corrected chi connectivity index (χ4v) is 11.3. The first-order valence-corrected chi connectivity index (χ1v) is 17.1. The molecule has 0 N–H and O–H groups in total. The number of anilines is 3. The standard InChI is InChI=1S/C43H40N2/c1-26-11-13-35-38(19-26)42(2,3)37-9-6-10-40(41(35)37)45(31-15-17-44-18-16-31)32-12-14-34-33-7-4-5-8-36(33)43(39(34)25-32)29-21-27-20-28(23-29)24-30(43)22-27/h4-19,25,27-30H,20-24H2,1-3H3. The molecule has 0 unspecified atom stereocenters. The van der Waals surface area contributed by atoms with Gasteiger partial charge in [-0.2, -0.15) is 0 Å². The van der Waals surface area contributed by atoms with Crippen molar-refractivity contribution in [3.8, 4) is 22.3 Å². The Bertz CT molecular complexity index is 1990. The lowest BCUT2D eigenvalue weighted by Gasteiger charge is -2.61. The molecule has 5 aromatic rings. The van der Waals surface area contributed by atoms with Crippen molar-refractivity contribution in [2.75, 3.05) is 4.90 Å². The number of hydrogen-bond donors (Lipinski definition) is 0. The van der Waals surface area contributed by atoms with Crippen molar-refractivity contribution >= 4 is 17.1 Å². The van der Waals surface area contributed by atoms with E-state index in [1.807, 2.05) is 12.4 Å². The largest absolute Gasteiger partial charge is 0.310 e. The fraction of sp³-hybridized carbons (Fsp3) is 0.326. The summed E-state index contributed by atoms with van der Waals surface area (Å²) in [6, 6.07) is 35.3. The summed E-state index contributed by atoms with van der Waals surface area (Å²) in [4.78, 5) is 6.96. The summed E-state index contributed by atoms with van der Waals surface area (Å²) in [5.41, 5.74) is 16.8. The minimum atomic E-state index is -0.0549. The van der Waals surface area contributed by atoms with Crippen LogP contribution in [0.25, 0.3) is 22.3 Å². The Morgan fingerprint density at radius 1 is 0.600 bits per heavy atom. The van der Waals surface area contributed by atoms with Gasteiger partial charge in [0.05, 0.1) is 5.69 Å². The average Bonchev–Trinajstić information content (AvgIpc) is 3.46. The van der Waals surface area contributed by atoms with Crippen LogP contribution in [0.15, 0.2) is 103 Å². The van der Waals surface area contributed by atoms with E-state index in [0.717, 1.165) is 29.4 Å². The van der Waals surface area contributed by atoms with Crippen LogP contribution < -0.4 is 4.90 Å². The first kappa shape index (κ1) is 26.1. The van der Waals surface area contributed by atoms with E-state index in [0.29, 0.717) is 0 Å². The highest BCUT2D eigenvalue weighted by atomic mass is 15.1. The monoisotopic (exact) mass is 584 g/mol. The lowest BCUT2D eigenvalue weighted by Crippen LogP contribution is -2.55. The number of pyridine rings is 1. The molecular formula is C43H40N2. The minimum Gasteiger partial charge on any atom is -0.310 e. The Labute approximate surface area is 267 Å². The van der Waals surface area contributed by atoms with Crippen LogP contribution in [0, 0.1) is 30.6 Å². The van der Waals surface area contributed by atoms with E-state index in [4.69, 9.17) is 0 Å². The molecule has 6 aliphatic carbocycles.